The van der Waals surface area contributed by atoms with E-state index in [4.69, 9.17) is 28.7 Å². The molecule has 0 spiro atoms. The van der Waals surface area contributed by atoms with Crippen LogP contribution in [0.5, 0.6) is 0 Å². The van der Waals surface area contributed by atoms with E-state index >= 15 is 38.4 Å². The lowest BCUT2D eigenvalue weighted by atomic mass is 10.0. The van der Waals surface area contributed by atoms with Gasteiger partial charge in [-0.05, 0) is 143 Å². The first-order chi connectivity index (χ1) is 63.2. The number of rotatable bonds is 49. The van der Waals surface area contributed by atoms with Crippen LogP contribution in [0.25, 0.3) is 0 Å². The van der Waals surface area contributed by atoms with E-state index in [0.29, 0.717) is 79.3 Å². The molecule has 14 atom stereocenters. The highest BCUT2D eigenvalue weighted by Gasteiger charge is 2.46. The van der Waals surface area contributed by atoms with E-state index in [1.54, 1.807) is 164 Å². The molecule has 0 aromatic heterocycles. The third-order valence-corrected chi connectivity index (χ3v) is 24.3. The first-order valence-electron chi connectivity index (χ1n) is 45.3. The SMILES string of the molecule is NCCCC[C@H](NC(=O)[C@H](CCC(N)=O)NC(=O)[C@H]1CCCN1C(=O)[C@H](Cc1ccccc1)NC(=O)[C@@H](Cc1ccccc1)NC(=O)[C@H]1CCCN1C(=O)[C@@H](Cc1ccccc1)NC(=O)[C@@H](N)CCCCN)C(=O)N[C@H](Cc1ccccc1)C(=O)N1CCC[C@@H]1C(=O)N[C@H](Cc1ccccc1)C(=O)N[C@@H](Cc1ccccc1)C(=O)N1CCC[C@@H]1C(=O)N[C@@H](CCC(N)=O)C(=O)O. The molecule has 6 aromatic rings. The number of carboxylic acids is 1. The lowest BCUT2D eigenvalue weighted by Crippen LogP contribution is -2.61. The molecule has 131 heavy (non-hydrogen) atoms. The number of carbonyl (C=O) groups is 16. The molecule has 10 rings (SSSR count). The number of amides is 15. The van der Waals surface area contributed by atoms with Crippen molar-refractivity contribution in [2.75, 3.05) is 39.3 Å². The first-order valence-corrected chi connectivity index (χ1v) is 45.3. The van der Waals surface area contributed by atoms with Gasteiger partial charge in [0, 0.05) is 77.5 Å². The Labute approximate surface area is 762 Å². The Morgan fingerprint density at radius 2 is 0.519 bits per heavy atom. The minimum atomic E-state index is -1.58. The zero-order valence-corrected chi connectivity index (χ0v) is 73.8. The molecular weight excluding hydrogens is 1680 g/mol. The Kier molecular flexibility index (Phi) is 38.6. The summed E-state index contributed by atoms with van der Waals surface area (Å²) < 4.78 is 0. The van der Waals surface area contributed by atoms with Crippen molar-refractivity contribution in [3.05, 3.63) is 215 Å². The predicted molar refractivity (Wildman–Crippen MR) is 485 cm³/mol. The number of carbonyl (C=O) groups excluding carboxylic acids is 15. The summed E-state index contributed by atoms with van der Waals surface area (Å²) in [5.74, 6) is -12.5. The fourth-order valence-electron chi connectivity index (χ4n) is 17.3. The van der Waals surface area contributed by atoms with Crippen LogP contribution in [0.15, 0.2) is 182 Å². The van der Waals surface area contributed by atoms with Crippen LogP contribution in [0.3, 0.4) is 0 Å². The van der Waals surface area contributed by atoms with E-state index in [2.05, 4.69) is 47.9 Å². The second-order valence-corrected chi connectivity index (χ2v) is 34.0. The van der Waals surface area contributed by atoms with E-state index in [1.807, 2.05) is 18.2 Å². The van der Waals surface area contributed by atoms with Crippen molar-refractivity contribution >= 4 is 94.6 Å². The Morgan fingerprint density at radius 3 is 0.794 bits per heavy atom. The zero-order valence-electron chi connectivity index (χ0n) is 73.8. The van der Waals surface area contributed by atoms with E-state index in [1.165, 1.54) is 19.6 Å². The normalized spacial score (nSPS) is 18.1. The number of hydrogen-bond acceptors (Lipinski definition) is 19. The average molecular weight is 1800 g/mol. The predicted octanol–water partition coefficient (Wildman–Crippen LogP) is 0.971. The van der Waals surface area contributed by atoms with Gasteiger partial charge in [-0.3, -0.25) is 71.9 Å². The topological polar surface area (TPSA) is 545 Å². The monoisotopic (exact) mass is 1800 g/mol. The standard InChI is InChI=1S/C96H124N18O17/c97-49-21-19-39-67(99)83(117)107-73(57-63-31-11-3-12-32-63)92(126)113-53-25-43-79(113)90(124)105-71(55-61-27-7-1-8-28-61)86(120)109-75(59-65-35-15-5-16-36-65)94(128)111-51-23-41-77(111)88(122)103-69(45-47-81(100)115)85(119)102-68(40-20-22-50-98)84(118)108-74(58-64-33-13-4-14-34-64)93(127)114-54-26-44-80(114)91(125)106-72(56-62-29-9-2-10-30-62)87(121)110-76(60-66-37-17-6-18-38-66)95(129)112-52-24-42-78(112)89(123)104-70(96(130)131)46-48-82(101)116/h1-18,27-38,67-80H,19-26,39-60,97-99H2,(H2,100,115)(H2,101,116)(H,102,119)(H,103,122)(H,104,123)(H,105,124)(H,106,125)(H,107,117)(H,108,118)(H,109,120)(H,110,121)(H,130,131)/t67-,68-,69-,70-,71+,72+,73+,74+,75-,76-,77+,78+,79+,80+/m0/s1. The van der Waals surface area contributed by atoms with Crippen molar-refractivity contribution in [2.24, 2.45) is 28.7 Å². The molecular formula is C96H124N18O17. The molecule has 4 heterocycles. The number of unbranched alkanes of at least 4 members (excludes halogenated alkanes) is 2. The molecule has 20 N–H and O–H groups in total. The van der Waals surface area contributed by atoms with Crippen LogP contribution in [0.1, 0.15) is 149 Å². The summed E-state index contributed by atoms with van der Waals surface area (Å²) in [6.45, 7) is 0.851. The molecule has 4 aliphatic heterocycles. The third-order valence-electron chi connectivity index (χ3n) is 24.3. The Balaban J connectivity index is 0.848. The number of likely N-dealkylation sites (tertiary alicyclic amines) is 4. The number of hydrogen-bond donors (Lipinski definition) is 15. The van der Waals surface area contributed by atoms with Gasteiger partial charge < -0.3 is 101 Å². The van der Waals surface area contributed by atoms with E-state index in [9.17, 15) is 43.5 Å². The summed E-state index contributed by atoms with van der Waals surface area (Å²) in [5, 5.41) is 35.2. The number of nitrogens with two attached hydrogens (primary N) is 5. The fraction of sp³-hybridized carbons (Fsp3) is 0.458. The van der Waals surface area contributed by atoms with Gasteiger partial charge in [0.15, 0.2) is 0 Å². The van der Waals surface area contributed by atoms with Crippen LogP contribution >= 0.6 is 0 Å². The van der Waals surface area contributed by atoms with Gasteiger partial charge in [0.2, 0.25) is 88.6 Å². The number of primary amides is 2. The molecule has 0 unspecified atom stereocenters. The van der Waals surface area contributed by atoms with Gasteiger partial charge in [-0.25, -0.2) is 4.79 Å². The van der Waals surface area contributed by atoms with Crippen LogP contribution in [-0.2, 0) is 115 Å². The molecule has 6 aromatic carbocycles. The molecule has 15 amide bonds. The van der Waals surface area contributed by atoms with Gasteiger partial charge in [0.25, 0.3) is 0 Å². The van der Waals surface area contributed by atoms with Gasteiger partial charge in [0.1, 0.15) is 78.5 Å². The van der Waals surface area contributed by atoms with Crippen LogP contribution < -0.4 is 76.5 Å². The largest absolute Gasteiger partial charge is 0.480 e. The smallest absolute Gasteiger partial charge is 0.326 e. The summed E-state index contributed by atoms with van der Waals surface area (Å²) in [6, 6.07) is 34.6. The number of carboxylic acid groups (broad SMARTS) is 1. The fourth-order valence-corrected chi connectivity index (χ4v) is 17.3. The highest BCUT2D eigenvalue weighted by atomic mass is 16.4. The van der Waals surface area contributed by atoms with Gasteiger partial charge in [0.05, 0.1) is 6.04 Å². The van der Waals surface area contributed by atoms with Gasteiger partial charge in [-0.15, -0.1) is 0 Å². The van der Waals surface area contributed by atoms with Crippen molar-refractivity contribution in [3.8, 4) is 0 Å². The van der Waals surface area contributed by atoms with Gasteiger partial charge >= 0.3 is 5.97 Å². The van der Waals surface area contributed by atoms with Crippen molar-refractivity contribution in [1.29, 1.82) is 0 Å². The van der Waals surface area contributed by atoms with Crippen molar-refractivity contribution in [1.82, 2.24) is 67.5 Å². The number of nitrogens with zero attached hydrogens (tertiary/aromatic N) is 4. The van der Waals surface area contributed by atoms with E-state index in [-0.39, 0.29) is 135 Å². The number of aliphatic carboxylic acids is 1. The molecule has 4 aliphatic rings. The molecule has 0 bridgehead atoms. The van der Waals surface area contributed by atoms with Crippen molar-refractivity contribution < 1.29 is 81.8 Å². The minimum absolute atomic E-state index is 0.00882. The van der Waals surface area contributed by atoms with Crippen LogP contribution in [0.2, 0.25) is 0 Å². The summed E-state index contributed by atoms with van der Waals surface area (Å²) in [4.78, 5) is 236. The Bertz CT molecular complexity index is 4880. The van der Waals surface area contributed by atoms with E-state index in [0.717, 1.165) is 5.56 Å². The summed E-state index contributed by atoms with van der Waals surface area (Å²) >= 11 is 0. The first kappa shape index (κ1) is 99.9. The second kappa shape index (κ2) is 50.6. The highest BCUT2D eigenvalue weighted by Crippen LogP contribution is 2.27. The molecule has 35 heteroatoms. The molecule has 4 saturated heterocycles. The molecule has 4 fully saturated rings. The molecule has 0 saturated carbocycles. The summed E-state index contributed by atoms with van der Waals surface area (Å²) in [5.41, 5.74) is 32.8. The summed E-state index contributed by atoms with van der Waals surface area (Å²) in [6.07, 6.45) is 2.18. The lowest BCUT2D eigenvalue weighted by Gasteiger charge is -2.32. The third kappa shape index (κ3) is 29.9. The van der Waals surface area contributed by atoms with Crippen molar-refractivity contribution in [2.45, 2.75) is 239 Å². The van der Waals surface area contributed by atoms with E-state index < -0.39 is 186 Å². The Hall–Kier alpha value is -13.3. The molecule has 35 nitrogen and oxygen atoms in total. The number of benzene rings is 6. The second-order valence-electron chi connectivity index (χ2n) is 34.0. The molecule has 0 radical (unpaired) electrons. The Morgan fingerprint density at radius 1 is 0.290 bits per heavy atom. The number of nitrogens with one attached hydrogen (secondary N) is 9. The highest BCUT2D eigenvalue weighted by molar-refractivity contribution is 6.01. The average Bonchev–Trinajstić information content (AvgIpc) is 1.74. The maximum Gasteiger partial charge on any atom is 0.326 e. The van der Waals surface area contributed by atoms with Crippen LogP contribution in [-0.4, -0.2) is 243 Å². The maximum absolute atomic E-state index is 15.5. The minimum Gasteiger partial charge on any atom is -0.480 e. The van der Waals surface area contributed by atoms with Crippen LogP contribution in [0.4, 0.5) is 0 Å². The molecule has 0 aliphatic carbocycles. The van der Waals surface area contributed by atoms with Crippen molar-refractivity contribution in [3.63, 3.8) is 0 Å². The lowest BCUT2D eigenvalue weighted by molar-refractivity contribution is -0.145. The van der Waals surface area contributed by atoms with Gasteiger partial charge in [-0.1, -0.05) is 188 Å². The quantitative estimate of drug-likeness (QED) is 0.0237. The maximum atomic E-state index is 15.5. The van der Waals surface area contributed by atoms with Gasteiger partial charge in [-0.2, -0.15) is 0 Å². The van der Waals surface area contributed by atoms with Crippen LogP contribution in [0, 0.1) is 0 Å². The zero-order chi connectivity index (χ0) is 93.9. The summed E-state index contributed by atoms with van der Waals surface area (Å²) in [7, 11) is 0. The molecule has 700 valence electrons.